The lowest BCUT2D eigenvalue weighted by molar-refractivity contribution is -0.145. The molecular formula is C13H17N3O3. The standard InChI is InChI=1S/C13H17N3O3/c1-10(17)15(4)16(11-8-6-5-7-9-11)13(19)12(18)14(2)3/h5-9H,1-4H3. The number of carbonyl (C=O) groups is 3. The third kappa shape index (κ3) is 3.31. The molecule has 0 aliphatic carbocycles. The van der Waals surface area contributed by atoms with E-state index in [0.717, 1.165) is 10.0 Å². The second kappa shape index (κ2) is 5.99. The highest BCUT2D eigenvalue weighted by molar-refractivity contribution is 6.40. The summed E-state index contributed by atoms with van der Waals surface area (Å²) in [5, 5.41) is 2.17. The Kier molecular flexibility index (Phi) is 4.63. The molecule has 0 aliphatic rings. The first kappa shape index (κ1) is 14.7. The van der Waals surface area contributed by atoms with Gasteiger partial charge in [-0.15, -0.1) is 0 Å². The van der Waals surface area contributed by atoms with Gasteiger partial charge in [0.15, 0.2) is 0 Å². The Morgan fingerprint density at radius 2 is 1.42 bits per heavy atom. The van der Waals surface area contributed by atoms with Crippen molar-refractivity contribution in [1.82, 2.24) is 9.91 Å². The number of nitrogens with zero attached hydrogens (tertiary/aromatic N) is 3. The number of carbonyl (C=O) groups excluding carboxylic acids is 3. The Morgan fingerprint density at radius 3 is 1.84 bits per heavy atom. The molecule has 102 valence electrons. The SMILES string of the molecule is CC(=O)N(C)N(C(=O)C(=O)N(C)C)c1ccccc1. The number of amides is 3. The molecule has 1 rings (SSSR count). The first-order valence-electron chi connectivity index (χ1n) is 5.71. The largest absolute Gasteiger partial charge is 0.340 e. The molecule has 0 fully saturated rings. The molecule has 19 heavy (non-hydrogen) atoms. The predicted molar refractivity (Wildman–Crippen MR) is 71.1 cm³/mol. The van der Waals surface area contributed by atoms with Crippen molar-refractivity contribution in [3.63, 3.8) is 0 Å². The molecule has 0 saturated heterocycles. The maximum Gasteiger partial charge on any atom is 0.335 e. The lowest BCUT2D eigenvalue weighted by Crippen LogP contribution is -2.52. The van der Waals surface area contributed by atoms with Crippen LogP contribution in [0.1, 0.15) is 6.92 Å². The molecule has 0 saturated carbocycles. The van der Waals surface area contributed by atoms with Crippen LogP contribution < -0.4 is 5.01 Å². The van der Waals surface area contributed by atoms with Crippen LogP contribution in [-0.4, -0.2) is 48.8 Å². The van der Waals surface area contributed by atoms with E-state index >= 15 is 0 Å². The smallest absolute Gasteiger partial charge is 0.335 e. The van der Waals surface area contributed by atoms with Crippen molar-refractivity contribution in [3.8, 4) is 0 Å². The van der Waals surface area contributed by atoms with E-state index in [1.807, 2.05) is 0 Å². The van der Waals surface area contributed by atoms with E-state index < -0.39 is 11.8 Å². The lowest BCUT2D eigenvalue weighted by atomic mass is 10.3. The van der Waals surface area contributed by atoms with Crippen LogP contribution in [0.3, 0.4) is 0 Å². The minimum atomic E-state index is -0.783. The molecule has 0 spiro atoms. The molecule has 0 unspecified atom stereocenters. The number of anilines is 1. The van der Waals surface area contributed by atoms with Crippen LogP contribution in [0.2, 0.25) is 0 Å². The van der Waals surface area contributed by atoms with Crippen LogP contribution in [-0.2, 0) is 14.4 Å². The molecule has 1 aromatic carbocycles. The zero-order valence-electron chi connectivity index (χ0n) is 11.5. The van der Waals surface area contributed by atoms with Gasteiger partial charge < -0.3 is 4.90 Å². The molecule has 0 atom stereocenters. The van der Waals surface area contributed by atoms with E-state index in [-0.39, 0.29) is 5.91 Å². The third-order valence-electron chi connectivity index (χ3n) is 2.54. The summed E-state index contributed by atoms with van der Waals surface area (Å²) in [6.07, 6.45) is 0. The maximum absolute atomic E-state index is 12.2. The van der Waals surface area contributed by atoms with Gasteiger partial charge in [0.2, 0.25) is 5.91 Å². The molecule has 0 radical (unpaired) electrons. The Hall–Kier alpha value is -2.37. The quantitative estimate of drug-likeness (QED) is 0.547. The summed E-state index contributed by atoms with van der Waals surface area (Å²) in [5.74, 6) is -1.82. The molecule has 1 aromatic rings. The average Bonchev–Trinajstić information content (AvgIpc) is 2.38. The fourth-order valence-corrected chi connectivity index (χ4v) is 1.42. The maximum atomic E-state index is 12.2. The Bertz CT molecular complexity index is 485. The van der Waals surface area contributed by atoms with Gasteiger partial charge in [-0.1, -0.05) is 18.2 Å². The molecule has 0 N–H and O–H groups in total. The molecule has 6 nitrogen and oxygen atoms in total. The summed E-state index contributed by atoms with van der Waals surface area (Å²) >= 11 is 0. The number of rotatable bonds is 1. The second-order valence-electron chi connectivity index (χ2n) is 4.19. The molecular weight excluding hydrogens is 246 g/mol. The van der Waals surface area contributed by atoms with E-state index in [0.29, 0.717) is 5.69 Å². The second-order valence-corrected chi connectivity index (χ2v) is 4.19. The number of hydrogen-bond donors (Lipinski definition) is 0. The van der Waals surface area contributed by atoms with E-state index in [1.54, 1.807) is 30.3 Å². The topological polar surface area (TPSA) is 60.9 Å². The molecule has 0 heterocycles. The van der Waals surface area contributed by atoms with Crippen LogP contribution >= 0.6 is 0 Å². The highest BCUT2D eigenvalue weighted by Gasteiger charge is 2.29. The minimum Gasteiger partial charge on any atom is -0.340 e. The zero-order valence-corrected chi connectivity index (χ0v) is 11.5. The lowest BCUT2D eigenvalue weighted by Gasteiger charge is -2.31. The normalized spacial score (nSPS) is 9.68. The molecule has 0 aliphatic heterocycles. The Balaban J connectivity index is 3.17. The molecule has 3 amide bonds. The summed E-state index contributed by atoms with van der Waals surface area (Å²) in [5.41, 5.74) is 0.459. The van der Waals surface area contributed by atoms with Gasteiger partial charge in [0, 0.05) is 28.1 Å². The average molecular weight is 263 g/mol. The van der Waals surface area contributed by atoms with Crippen LogP contribution in [0.4, 0.5) is 5.69 Å². The molecule has 6 heteroatoms. The van der Waals surface area contributed by atoms with E-state index in [1.165, 1.54) is 33.0 Å². The van der Waals surface area contributed by atoms with Crippen LogP contribution in [0.5, 0.6) is 0 Å². The highest BCUT2D eigenvalue weighted by Crippen LogP contribution is 2.16. The summed E-state index contributed by atoms with van der Waals surface area (Å²) < 4.78 is 0. The monoisotopic (exact) mass is 263 g/mol. The van der Waals surface area contributed by atoms with Gasteiger partial charge in [-0.25, -0.2) is 10.0 Å². The van der Waals surface area contributed by atoms with Gasteiger partial charge in [-0.2, -0.15) is 0 Å². The van der Waals surface area contributed by atoms with Crippen LogP contribution in [0, 0.1) is 0 Å². The minimum absolute atomic E-state index is 0.344. The van der Waals surface area contributed by atoms with Gasteiger partial charge in [0.05, 0.1) is 5.69 Å². The first-order chi connectivity index (χ1) is 8.86. The summed E-state index contributed by atoms with van der Waals surface area (Å²) in [6, 6.07) is 8.54. The highest BCUT2D eigenvalue weighted by atomic mass is 16.2. The fraction of sp³-hybridized carbons (Fsp3) is 0.308. The summed E-state index contributed by atoms with van der Waals surface area (Å²) in [7, 11) is 4.41. The van der Waals surface area contributed by atoms with Gasteiger partial charge >= 0.3 is 11.8 Å². The van der Waals surface area contributed by atoms with Crippen molar-refractivity contribution in [2.75, 3.05) is 26.2 Å². The van der Waals surface area contributed by atoms with Crippen molar-refractivity contribution in [3.05, 3.63) is 30.3 Å². The third-order valence-corrected chi connectivity index (χ3v) is 2.54. The summed E-state index contributed by atoms with van der Waals surface area (Å²) in [6.45, 7) is 1.32. The van der Waals surface area contributed by atoms with Gasteiger partial charge in [0.25, 0.3) is 0 Å². The Morgan fingerprint density at radius 1 is 0.895 bits per heavy atom. The van der Waals surface area contributed by atoms with Crippen molar-refractivity contribution in [2.45, 2.75) is 6.92 Å². The predicted octanol–water partition coefficient (Wildman–Crippen LogP) is 0.501. The first-order valence-corrected chi connectivity index (χ1v) is 5.71. The number of para-hydroxylation sites is 1. The summed E-state index contributed by atoms with van der Waals surface area (Å²) in [4.78, 5) is 36.6. The number of likely N-dealkylation sites (N-methyl/N-ethyl adjacent to an activating group) is 1. The van der Waals surface area contributed by atoms with Crippen LogP contribution in [0.25, 0.3) is 0 Å². The number of hydrazine groups is 1. The van der Waals surface area contributed by atoms with Crippen molar-refractivity contribution in [1.29, 1.82) is 0 Å². The Labute approximate surface area is 112 Å². The van der Waals surface area contributed by atoms with Crippen molar-refractivity contribution in [2.24, 2.45) is 0 Å². The number of benzene rings is 1. The molecule has 0 bridgehead atoms. The molecule has 0 aromatic heterocycles. The fourth-order valence-electron chi connectivity index (χ4n) is 1.42. The van der Waals surface area contributed by atoms with Gasteiger partial charge in [-0.3, -0.25) is 14.4 Å². The van der Waals surface area contributed by atoms with E-state index in [4.69, 9.17) is 0 Å². The van der Waals surface area contributed by atoms with E-state index in [9.17, 15) is 14.4 Å². The van der Waals surface area contributed by atoms with Gasteiger partial charge in [-0.05, 0) is 12.1 Å². The van der Waals surface area contributed by atoms with Crippen molar-refractivity contribution >= 4 is 23.4 Å². The van der Waals surface area contributed by atoms with Crippen molar-refractivity contribution < 1.29 is 14.4 Å². The number of hydrogen-bond acceptors (Lipinski definition) is 3. The van der Waals surface area contributed by atoms with Crippen LogP contribution in [0.15, 0.2) is 30.3 Å². The zero-order chi connectivity index (χ0) is 14.6. The van der Waals surface area contributed by atoms with Gasteiger partial charge in [0.1, 0.15) is 0 Å². The van der Waals surface area contributed by atoms with E-state index in [2.05, 4.69) is 0 Å².